The lowest BCUT2D eigenvalue weighted by Crippen LogP contribution is -2.34. The predicted molar refractivity (Wildman–Crippen MR) is 72.8 cm³/mol. The first-order chi connectivity index (χ1) is 10.0. The van der Waals surface area contributed by atoms with Crippen molar-refractivity contribution in [2.75, 3.05) is 0 Å². The maximum Gasteiger partial charge on any atom is 0.438 e. The molecule has 1 aromatic carbocycles. The van der Waals surface area contributed by atoms with Crippen molar-refractivity contribution in [3.63, 3.8) is 0 Å². The molecule has 1 atom stereocenters. The second-order valence-electron chi connectivity index (χ2n) is 5.07. The molecule has 0 amide bonds. The lowest BCUT2D eigenvalue weighted by molar-refractivity contribution is -0.144. The highest BCUT2D eigenvalue weighted by atomic mass is 19.4. The van der Waals surface area contributed by atoms with Gasteiger partial charge < -0.3 is 5.11 Å². The van der Waals surface area contributed by atoms with Crippen LogP contribution in [0.3, 0.4) is 0 Å². The molecular weight excluding hydrogens is 301 g/mol. The summed E-state index contributed by atoms with van der Waals surface area (Å²) in [6, 6.07) is 1.43. The number of alkyl halides is 3. The highest BCUT2D eigenvalue weighted by Gasteiger charge is 2.38. The maximum absolute atomic E-state index is 13.0. The Bertz CT molecular complexity index is 825. The van der Waals surface area contributed by atoms with Gasteiger partial charge in [-0.15, -0.1) is 0 Å². The molecule has 2 rings (SSSR count). The molecule has 0 fully saturated rings. The zero-order valence-corrected chi connectivity index (χ0v) is 12.0. The van der Waals surface area contributed by atoms with Crippen LogP contribution >= 0.6 is 0 Å². The molecule has 0 saturated heterocycles. The number of nitrogens with zero attached hydrogens (tertiary/aromatic N) is 2. The third-order valence-corrected chi connectivity index (χ3v) is 3.52. The van der Waals surface area contributed by atoms with Gasteiger partial charge in [-0.25, -0.2) is 9.78 Å². The molecule has 0 saturated carbocycles. The summed E-state index contributed by atoms with van der Waals surface area (Å²) in [5.41, 5.74) is -1.66. The van der Waals surface area contributed by atoms with Crippen LogP contribution in [0, 0.1) is 13.8 Å². The van der Waals surface area contributed by atoms with Crippen LogP contribution in [-0.2, 0) is 11.0 Å². The molecule has 8 heteroatoms. The summed E-state index contributed by atoms with van der Waals surface area (Å²) in [7, 11) is 0. The summed E-state index contributed by atoms with van der Waals surface area (Å²) in [6.07, 6.45) is -4.95. The van der Waals surface area contributed by atoms with Crippen molar-refractivity contribution in [3.8, 4) is 0 Å². The minimum Gasteiger partial charge on any atom is -0.480 e. The highest BCUT2D eigenvalue weighted by molar-refractivity contribution is 5.80. The van der Waals surface area contributed by atoms with Gasteiger partial charge in [0.25, 0.3) is 5.56 Å². The Kier molecular flexibility index (Phi) is 3.72. The van der Waals surface area contributed by atoms with E-state index in [-0.39, 0.29) is 11.0 Å². The molecule has 0 aliphatic rings. The van der Waals surface area contributed by atoms with E-state index in [0.717, 1.165) is 12.5 Å². The number of hydrogen-bond acceptors (Lipinski definition) is 3. The second-order valence-corrected chi connectivity index (χ2v) is 5.07. The van der Waals surface area contributed by atoms with Crippen molar-refractivity contribution in [3.05, 3.63) is 39.3 Å². The molecule has 22 heavy (non-hydrogen) atoms. The lowest BCUT2D eigenvalue weighted by Gasteiger charge is -2.17. The van der Waals surface area contributed by atoms with E-state index in [1.54, 1.807) is 13.8 Å². The van der Waals surface area contributed by atoms with Gasteiger partial charge in [0.2, 0.25) is 5.69 Å². The zero-order chi connectivity index (χ0) is 16.8. The van der Waals surface area contributed by atoms with Crippen molar-refractivity contribution < 1.29 is 23.1 Å². The number of rotatable bonds is 2. The van der Waals surface area contributed by atoms with E-state index in [0.29, 0.717) is 10.1 Å². The topological polar surface area (TPSA) is 72.2 Å². The number of hydrogen-bond donors (Lipinski definition) is 1. The Labute approximate surface area is 123 Å². The minimum absolute atomic E-state index is 0.0657. The van der Waals surface area contributed by atoms with E-state index in [1.807, 2.05) is 0 Å². The molecule has 0 spiro atoms. The highest BCUT2D eigenvalue weighted by Crippen LogP contribution is 2.28. The Balaban J connectivity index is 3.00. The first kappa shape index (κ1) is 16.0. The van der Waals surface area contributed by atoms with Gasteiger partial charge >= 0.3 is 12.1 Å². The van der Waals surface area contributed by atoms with Crippen LogP contribution in [0.5, 0.6) is 0 Å². The average molecular weight is 314 g/mol. The molecule has 5 nitrogen and oxygen atoms in total. The van der Waals surface area contributed by atoms with E-state index in [2.05, 4.69) is 4.98 Å². The number of carbonyl (C=O) groups is 1. The Morgan fingerprint density at radius 3 is 2.32 bits per heavy atom. The van der Waals surface area contributed by atoms with Gasteiger partial charge in [-0.3, -0.25) is 9.36 Å². The van der Waals surface area contributed by atoms with Crippen molar-refractivity contribution in [1.82, 2.24) is 9.55 Å². The molecule has 0 aliphatic carbocycles. The van der Waals surface area contributed by atoms with Gasteiger partial charge in [-0.05, 0) is 44.0 Å². The van der Waals surface area contributed by atoms with Crippen molar-refractivity contribution in [1.29, 1.82) is 0 Å². The van der Waals surface area contributed by atoms with Crippen LogP contribution in [0.15, 0.2) is 16.9 Å². The molecule has 0 aliphatic heterocycles. The second kappa shape index (κ2) is 5.11. The fourth-order valence-electron chi connectivity index (χ4n) is 2.14. The number of aliphatic carboxylic acids is 1. The molecule has 1 aromatic heterocycles. The number of halogens is 3. The number of carboxylic acid groups (broad SMARTS) is 1. The van der Waals surface area contributed by atoms with Crippen molar-refractivity contribution in [2.24, 2.45) is 0 Å². The summed E-state index contributed by atoms with van der Waals surface area (Å²) in [5.74, 6) is -1.40. The largest absolute Gasteiger partial charge is 0.480 e. The Morgan fingerprint density at radius 2 is 1.82 bits per heavy atom. The fourth-order valence-corrected chi connectivity index (χ4v) is 2.14. The van der Waals surface area contributed by atoms with Crippen LogP contribution in [0.25, 0.3) is 11.0 Å². The van der Waals surface area contributed by atoms with Crippen molar-refractivity contribution in [2.45, 2.75) is 33.0 Å². The monoisotopic (exact) mass is 314 g/mol. The molecule has 2 aromatic rings. The van der Waals surface area contributed by atoms with E-state index in [9.17, 15) is 22.8 Å². The van der Waals surface area contributed by atoms with Crippen LogP contribution in [0.1, 0.15) is 29.8 Å². The summed E-state index contributed by atoms with van der Waals surface area (Å²) >= 11 is 0. The number of aryl methyl sites for hydroxylation is 2. The van der Waals surface area contributed by atoms with Crippen LogP contribution < -0.4 is 5.56 Å². The molecule has 0 radical (unpaired) electrons. The summed E-state index contributed by atoms with van der Waals surface area (Å²) in [4.78, 5) is 26.6. The number of aromatic nitrogens is 2. The van der Waals surface area contributed by atoms with Gasteiger partial charge in [0.1, 0.15) is 6.04 Å². The van der Waals surface area contributed by atoms with Gasteiger partial charge in [0.05, 0.1) is 11.0 Å². The van der Waals surface area contributed by atoms with Crippen LogP contribution in [0.4, 0.5) is 13.2 Å². The predicted octanol–water partition coefficient (Wildman–Crippen LogP) is 2.68. The van der Waals surface area contributed by atoms with Crippen LogP contribution in [-0.4, -0.2) is 20.6 Å². The van der Waals surface area contributed by atoms with E-state index in [1.165, 1.54) is 12.1 Å². The van der Waals surface area contributed by atoms with Crippen LogP contribution in [0.2, 0.25) is 0 Å². The smallest absolute Gasteiger partial charge is 0.438 e. The van der Waals surface area contributed by atoms with Gasteiger partial charge in [-0.1, -0.05) is 0 Å². The minimum atomic E-state index is -4.95. The Morgan fingerprint density at radius 1 is 1.27 bits per heavy atom. The standard InChI is InChI=1S/C14H13F3N2O3/c1-6-4-9-10(5-7(6)2)19(8(3)13(21)22)12(20)11(18-9)14(15,16)17/h4-5,8H,1-3H3,(H,21,22). The lowest BCUT2D eigenvalue weighted by atomic mass is 10.1. The third kappa shape index (κ3) is 2.56. The zero-order valence-electron chi connectivity index (χ0n) is 12.0. The summed E-state index contributed by atoms with van der Waals surface area (Å²) in [6.45, 7) is 4.56. The molecule has 118 valence electrons. The summed E-state index contributed by atoms with van der Waals surface area (Å²) < 4.78 is 39.6. The number of carboxylic acids is 1. The third-order valence-electron chi connectivity index (χ3n) is 3.52. The average Bonchev–Trinajstić information content (AvgIpc) is 2.38. The quantitative estimate of drug-likeness (QED) is 0.925. The molecular formula is C14H13F3N2O3. The summed E-state index contributed by atoms with van der Waals surface area (Å²) in [5, 5.41) is 9.08. The first-order valence-corrected chi connectivity index (χ1v) is 6.37. The van der Waals surface area contributed by atoms with E-state index < -0.39 is 29.4 Å². The SMILES string of the molecule is Cc1cc2nc(C(F)(F)F)c(=O)n(C(C)C(=O)O)c2cc1C. The van der Waals surface area contributed by atoms with E-state index >= 15 is 0 Å². The number of fused-ring (bicyclic) bond motifs is 1. The van der Waals surface area contributed by atoms with Gasteiger partial charge in [-0.2, -0.15) is 13.2 Å². The normalized spacial score (nSPS) is 13.4. The molecule has 0 bridgehead atoms. The van der Waals surface area contributed by atoms with Gasteiger partial charge in [0.15, 0.2) is 0 Å². The van der Waals surface area contributed by atoms with E-state index in [4.69, 9.17) is 5.11 Å². The van der Waals surface area contributed by atoms with Crippen molar-refractivity contribution >= 4 is 17.0 Å². The molecule has 1 unspecified atom stereocenters. The maximum atomic E-state index is 13.0. The Hall–Kier alpha value is -2.38. The first-order valence-electron chi connectivity index (χ1n) is 6.37. The molecule has 1 N–H and O–H groups in total. The number of benzene rings is 1. The fraction of sp³-hybridized carbons (Fsp3) is 0.357. The molecule has 1 heterocycles. The van der Waals surface area contributed by atoms with Gasteiger partial charge in [0, 0.05) is 0 Å².